The Bertz CT molecular complexity index is 746. The second-order valence-corrected chi connectivity index (χ2v) is 5.73. The van der Waals surface area contributed by atoms with Crippen LogP contribution in [-0.4, -0.2) is 32.0 Å². The van der Waals surface area contributed by atoms with E-state index in [0.717, 1.165) is 29.4 Å². The molecule has 5 heteroatoms. The highest BCUT2D eigenvalue weighted by Gasteiger charge is 2.24. The number of aliphatic imine (C=N–C) groups is 1. The van der Waals surface area contributed by atoms with Gasteiger partial charge in [0.25, 0.3) is 0 Å². The van der Waals surface area contributed by atoms with E-state index in [0.29, 0.717) is 0 Å². The van der Waals surface area contributed by atoms with Gasteiger partial charge in [-0.3, -0.25) is 0 Å². The van der Waals surface area contributed by atoms with Crippen molar-refractivity contribution in [3.8, 4) is 11.5 Å². The second-order valence-electron chi connectivity index (χ2n) is 5.73. The van der Waals surface area contributed by atoms with Gasteiger partial charge in [0.05, 0.1) is 25.9 Å². The molecule has 2 aromatic rings. The molecule has 1 aliphatic rings. The van der Waals surface area contributed by atoms with Crippen LogP contribution in [0, 0.1) is 0 Å². The summed E-state index contributed by atoms with van der Waals surface area (Å²) in [5.41, 5.74) is 3.51. The number of para-hydroxylation sites is 1. The van der Waals surface area contributed by atoms with Crippen molar-refractivity contribution in [2.24, 2.45) is 4.99 Å². The van der Waals surface area contributed by atoms with Crippen LogP contribution in [-0.2, 0) is 6.42 Å². The minimum absolute atomic E-state index is 0. The number of amidine groups is 1. The molecule has 0 saturated heterocycles. The molecule has 1 aliphatic heterocycles. The lowest BCUT2D eigenvalue weighted by atomic mass is 9.97. The van der Waals surface area contributed by atoms with Gasteiger partial charge in [0.15, 0.2) is 11.5 Å². The zero-order valence-corrected chi connectivity index (χ0v) is 15.3. The summed E-state index contributed by atoms with van der Waals surface area (Å²) in [6, 6.07) is 14.7. The van der Waals surface area contributed by atoms with E-state index in [-0.39, 0.29) is 18.4 Å². The minimum Gasteiger partial charge on any atom is -0.493 e. The van der Waals surface area contributed by atoms with Crippen LogP contribution in [0.3, 0.4) is 0 Å². The summed E-state index contributed by atoms with van der Waals surface area (Å²) in [5, 5.41) is 0. The third-order valence-corrected chi connectivity index (χ3v) is 4.46. The molecule has 0 radical (unpaired) electrons. The van der Waals surface area contributed by atoms with Gasteiger partial charge in [-0.15, -0.1) is 12.4 Å². The van der Waals surface area contributed by atoms with Crippen molar-refractivity contribution >= 4 is 23.9 Å². The zero-order valence-electron chi connectivity index (χ0n) is 14.4. The number of ether oxygens (including phenoxy) is 2. The van der Waals surface area contributed by atoms with Crippen molar-refractivity contribution in [1.82, 2.24) is 4.90 Å². The van der Waals surface area contributed by atoms with E-state index in [1.165, 1.54) is 11.1 Å². The lowest BCUT2D eigenvalue weighted by Gasteiger charge is -2.29. The molecule has 0 aromatic heterocycles. The van der Waals surface area contributed by atoms with Crippen LogP contribution in [0.25, 0.3) is 0 Å². The van der Waals surface area contributed by atoms with Gasteiger partial charge in [0, 0.05) is 7.05 Å². The van der Waals surface area contributed by atoms with E-state index < -0.39 is 0 Å². The second kappa shape index (κ2) is 7.58. The van der Waals surface area contributed by atoms with Crippen molar-refractivity contribution in [2.45, 2.75) is 19.4 Å². The van der Waals surface area contributed by atoms with Crippen LogP contribution in [0.4, 0.5) is 5.69 Å². The molecule has 24 heavy (non-hydrogen) atoms. The van der Waals surface area contributed by atoms with Gasteiger partial charge in [0.2, 0.25) is 0 Å². The maximum atomic E-state index is 5.46. The third kappa shape index (κ3) is 3.34. The van der Waals surface area contributed by atoms with Crippen LogP contribution in [0.1, 0.15) is 24.1 Å². The summed E-state index contributed by atoms with van der Waals surface area (Å²) >= 11 is 0. The van der Waals surface area contributed by atoms with Crippen LogP contribution in [0.15, 0.2) is 47.5 Å². The third-order valence-electron chi connectivity index (χ3n) is 4.46. The first kappa shape index (κ1) is 18.1. The fourth-order valence-corrected chi connectivity index (χ4v) is 3.02. The van der Waals surface area contributed by atoms with Gasteiger partial charge < -0.3 is 14.4 Å². The Balaban J connectivity index is 0.00000208. The van der Waals surface area contributed by atoms with Crippen molar-refractivity contribution in [2.75, 3.05) is 21.3 Å². The minimum atomic E-state index is 0. The molecular formula is C19H23ClN2O2. The Hall–Kier alpha value is -2.20. The summed E-state index contributed by atoms with van der Waals surface area (Å²) in [7, 11) is 5.41. The van der Waals surface area contributed by atoms with E-state index in [2.05, 4.69) is 49.2 Å². The van der Waals surface area contributed by atoms with Crippen LogP contribution >= 0.6 is 12.4 Å². The highest BCUT2D eigenvalue weighted by molar-refractivity contribution is 5.85. The van der Waals surface area contributed by atoms with Gasteiger partial charge in [-0.2, -0.15) is 0 Å². The van der Waals surface area contributed by atoms with Gasteiger partial charge >= 0.3 is 0 Å². The Kier molecular flexibility index (Phi) is 5.73. The van der Waals surface area contributed by atoms with Crippen LogP contribution < -0.4 is 9.47 Å². The smallest absolute Gasteiger partial charge is 0.161 e. The van der Waals surface area contributed by atoms with Gasteiger partial charge in [-0.05, 0) is 42.7 Å². The molecule has 1 unspecified atom stereocenters. The molecule has 3 rings (SSSR count). The Morgan fingerprint density at radius 2 is 1.75 bits per heavy atom. The number of hydrogen-bond donors (Lipinski definition) is 0. The van der Waals surface area contributed by atoms with Crippen molar-refractivity contribution in [3.63, 3.8) is 0 Å². The number of hydrogen-bond acceptors (Lipinski definition) is 4. The number of halogens is 1. The largest absolute Gasteiger partial charge is 0.493 e. The molecule has 0 N–H and O–H groups in total. The fraction of sp³-hybridized carbons (Fsp3) is 0.316. The fourth-order valence-electron chi connectivity index (χ4n) is 3.02. The Morgan fingerprint density at radius 1 is 1.04 bits per heavy atom. The monoisotopic (exact) mass is 346 g/mol. The lowest BCUT2D eigenvalue weighted by Crippen LogP contribution is -2.29. The van der Waals surface area contributed by atoms with E-state index in [4.69, 9.17) is 14.5 Å². The van der Waals surface area contributed by atoms with Crippen LogP contribution in [0.2, 0.25) is 0 Å². The average molecular weight is 347 g/mol. The van der Waals surface area contributed by atoms with Crippen molar-refractivity contribution in [3.05, 3.63) is 53.6 Å². The zero-order chi connectivity index (χ0) is 16.4. The molecule has 0 bridgehead atoms. The summed E-state index contributed by atoms with van der Waals surface area (Å²) in [4.78, 5) is 6.98. The topological polar surface area (TPSA) is 34.1 Å². The molecule has 0 fully saturated rings. The maximum absolute atomic E-state index is 5.46. The van der Waals surface area contributed by atoms with Crippen LogP contribution in [0.5, 0.6) is 11.5 Å². The van der Waals surface area contributed by atoms with E-state index in [1.54, 1.807) is 14.2 Å². The molecule has 1 heterocycles. The maximum Gasteiger partial charge on any atom is 0.161 e. The predicted octanol–water partition coefficient (Wildman–Crippen LogP) is 4.40. The standard InChI is InChI=1S/C19H22N2O2.ClH/c1-13-20-16-8-6-5-7-14(16)11-17(21(13)2)15-9-10-18(22-3)19(12-15)23-4;/h5-10,12,17H,11H2,1-4H3;1H. The van der Waals surface area contributed by atoms with Crippen molar-refractivity contribution in [1.29, 1.82) is 0 Å². The molecule has 2 aromatic carbocycles. The molecule has 0 amide bonds. The van der Waals surface area contributed by atoms with Gasteiger partial charge in [-0.1, -0.05) is 24.3 Å². The molecule has 0 aliphatic carbocycles. The van der Waals surface area contributed by atoms with Gasteiger partial charge in [-0.25, -0.2) is 4.99 Å². The Morgan fingerprint density at radius 3 is 2.46 bits per heavy atom. The summed E-state index contributed by atoms with van der Waals surface area (Å²) in [6.45, 7) is 2.05. The molecule has 4 nitrogen and oxygen atoms in total. The molecule has 0 saturated carbocycles. The van der Waals surface area contributed by atoms with Gasteiger partial charge in [0.1, 0.15) is 5.84 Å². The van der Waals surface area contributed by atoms with E-state index >= 15 is 0 Å². The number of nitrogens with zero attached hydrogens (tertiary/aromatic N) is 2. The number of likely N-dealkylation sites (N-methyl/N-ethyl adjacent to an activating group) is 1. The first-order valence-corrected chi connectivity index (χ1v) is 7.72. The Labute approximate surface area is 149 Å². The SMILES string of the molecule is COc1ccc(C2Cc3ccccc3N=C(C)N2C)cc1OC.Cl. The molecule has 1 atom stereocenters. The quantitative estimate of drug-likeness (QED) is 0.825. The summed E-state index contributed by atoms with van der Waals surface area (Å²) in [5.74, 6) is 2.51. The summed E-state index contributed by atoms with van der Waals surface area (Å²) < 4.78 is 10.8. The number of methoxy groups -OCH3 is 2. The molecule has 128 valence electrons. The number of benzene rings is 2. The average Bonchev–Trinajstić information content (AvgIpc) is 2.71. The predicted molar refractivity (Wildman–Crippen MR) is 100 cm³/mol. The number of fused-ring (bicyclic) bond motifs is 1. The summed E-state index contributed by atoms with van der Waals surface area (Å²) in [6.07, 6.45) is 0.906. The highest BCUT2D eigenvalue weighted by atomic mass is 35.5. The molecule has 0 spiro atoms. The van der Waals surface area contributed by atoms with E-state index in [1.807, 2.05) is 12.1 Å². The number of rotatable bonds is 3. The van der Waals surface area contributed by atoms with E-state index in [9.17, 15) is 0 Å². The van der Waals surface area contributed by atoms with Crippen molar-refractivity contribution < 1.29 is 9.47 Å². The lowest BCUT2D eigenvalue weighted by molar-refractivity contribution is 0.347. The normalized spacial score (nSPS) is 16.4. The highest BCUT2D eigenvalue weighted by Crippen LogP contribution is 2.36. The first-order valence-electron chi connectivity index (χ1n) is 7.72. The first-order chi connectivity index (χ1) is 11.1. The molecular weight excluding hydrogens is 324 g/mol.